The van der Waals surface area contributed by atoms with Gasteiger partial charge < -0.3 is 4.90 Å². The molecule has 5 nitrogen and oxygen atoms in total. The molecule has 0 N–H and O–H groups in total. The van der Waals surface area contributed by atoms with Crippen molar-refractivity contribution in [1.82, 2.24) is 0 Å². The topological polar surface area (TPSA) is 57.7 Å². The lowest BCUT2D eigenvalue weighted by Gasteiger charge is -2.24. The monoisotopic (exact) mass is 392 g/mol. The average Bonchev–Trinajstić information content (AvgIpc) is 3.17. The van der Waals surface area contributed by atoms with Crippen LogP contribution in [0.2, 0.25) is 0 Å². The largest absolute Gasteiger partial charge is 0.308 e. The first-order chi connectivity index (χ1) is 13.5. The van der Waals surface area contributed by atoms with Crippen LogP contribution in [-0.2, 0) is 16.4 Å². The maximum Gasteiger partial charge on any atom is 0.264 e. The number of benzene rings is 3. The quantitative estimate of drug-likeness (QED) is 0.680. The number of nitrogens with zero attached hydrogens (tertiary/aromatic N) is 2. The molecule has 1 amide bonds. The van der Waals surface area contributed by atoms with Crippen LogP contribution in [0.3, 0.4) is 0 Å². The van der Waals surface area contributed by atoms with E-state index in [0.717, 1.165) is 17.7 Å². The highest BCUT2D eigenvalue weighted by molar-refractivity contribution is 7.92. The minimum absolute atomic E-state index is 0.186. The third-order valence-corrected chi connectivity index (χ3v) is 6.79. The van der Waals surface area contributed by atoms with E-state index >= 15 is 0 Å². The maximum atomic E-state index is 13.3. The van der Waals surface area contributed by atoms with Crippen molar-refractivity contribution in [2.75, 3.05) is 22.8 Å². The Morgan fingerprint density at radius 2 is 1.54 bits per heavy atom. The first kappa shape index (κ1) is 18.3. The van der Waals surface area contributed by atoms with Gasteiger partial charge in [-0.15, -0.1) is 0 Å². The number of rotatable bonds is 4. The minimum atomic E-state index is -3.77. The van der Waals surface area contributed by atoms with Crippen LogP contribution in [0.1, 0.15) is 15.9 Å². The van der Waals surface area contributed by atoms with Crippen molar-refractivity contribution in [2.45, 2.75) is 11.3 Å². The summed E-state index contributed by atoms with van der Waals surface area (Å²) < 4.78 is 27.2. The molecule has 0 aliphatic carbocycles. The number of amides is 1. The van der Waals surface area contributed by atoms with Gasteiger partial charge in [-0.05, 0) is 42.3 Å². The van der Waals surface area contributed by atoms with Crippen molar-refractivity contribution < 1.29 is 13.2 Å². The van der Waals surface area contributed by atoms with Gasteiger partial charge in [0.15, 0.2) is 0 Å². The molecule has 0 saturated carbocycles. The van der Waals surface area contributed by atoms with Crippen LogP contribution in [0.25, 0.3) is 0 Å². The Labute approximate surface area is 164 Å². The number of hydrogen-bond donors (Lipinski definition) is 0. The Morgan fingerprint density at radius 3 is 2.32 bits per heavy atom. The fourth-order valence-electron chi connectivity index (χ4n) is 3.50. The summed E-state index contributed by atoms with van der Waals surface area (Å²) >= 11 is 0. The molecule has 3 aromatic carbocycles. The van der Waals surface area contributed by atoms with Crippen molar-refractivity contribution in [3.8, 4) is 0 Å². The van der Waals surface area contributed by atoms with Crippen LogP contribution >= 0.6 is 0 Å². The lowest BCUT2D eigenvalue weighted by atomic mass is 10.1. The molecule has 1 aliphatic heterocycles. The standard InChI is InChI=1S/C22H20N2O3S/c1-23(28(26,27)18-10-3-2-4-11-18)21-14-8-6-12-19(21)22(25)24-16-15-17-9-5-7-13-20(17)24/h2-14H,15-16H2,1H3. The van der Waals surface area contributed by atoms with E-state index in [-0.39, 0.29) is 10.8 Å². The van der Waals surface area contributed by atoms with E-state index in [1.807, 2.05) is 24.3 Å². The summed E-state index contributed by atoms with van der Waals surface area (Å²) in [6.45, 7) is 0.585. The van der Waals surface area contributed by atoms with Gasteiger partial charge in [0.25, 0.3) is 15.9 Å². The van der Waals surface area contributed by atoms with Crippen LogP contribution in [0.4, 0.5) is 11.4 Å². The van der Waals surface area contributed by atoms with Gasteiger partial charge in [0.05, 0.1) is 16.1 Å². The van der Waals surface area contributed by atoms with E-state index < -0.39 is 10.0 Å². The summed E-state index contributed by atoms with van der Waals surface area (Å²) in [6.07, 6.45) is 0.794. The van der Waals surface area contributed by atoms with Crippen LogP contribution in [0.5, 0.6) is 0 Å². The average molecular weight is 392 g/mol. The lowest BCUT2D eigenvalue weighted by Crippen LogP contribution is -2.33. The SMILES string of the molecule is CN(c1ccccc1C(=O)N1CCc2ccccc21)S(=O)(=O)c1ccccc1. The van der Waals surface area contributed by atoms with Gasteiger partial charge in [0.1, 0.15) is 0 Å². The van der Waals surface area contributed by atoms with E-state index in [9.17, 15) is 13.2 Å². The molecule has 0 fully saturated rings. The van der Waals surface area contributed by atoms with Gasteiger partial charge in [-0.1, -0.05) is 48.5 Å². The summed E-state index contributed by atoms with van der Waals surface area (Å²) in [4.78, 5) is 15.2. The van der Waals surface area contributed by atoms with Gasteiger partial charge in [0.2, 0.25) is 0 Å². The highest BCUT2D eigenvalue weighted by atomic mass is 32.2. The Morgan fingerprint density at radius 1 is 0.893 bits per heavy atom. The molecule has 0 bridgehead atoms. The smallest absolute Gasteiger partial charge is 0.264 e. The molecule has 0 atom stereocenters. The fraction of sp³-hybridized carbons (Fsp3) is 0.136. The zero-order valence-corrected chi connectivity index (χ0v) is 16.3. The van der Waals surface area contributed by atoms with E-state index in [1.54, 1.807) is 59.5 Å². The summed E-state index contributed by atoms with van der Waals surface area (Å²) in [5.74, 6) is -0.198. The first-order valence-corrected chi connectivity index (χ1v) is 10.5. The van der Waals surface area contributed by atoms with Crippen LogP contribution in [0.15, 0.2) is 83.8 Å². The molecule has 28 heavy (non-hydrogen) atoms. The molecular weight excluding hydrogens is 372 g/mol. The predicted octanol–water partition coefficient (Wildman–Crippen LogP) is 3.71. The van der Waals surface area contributed by atoms with Crippen molar-refractivity contribution in [1.29, 1.82) is 0 Å². The predicted molar refractivity (Wildman–Crippen MR) is 110 cm³/mol. The number of para-hydroxylation sites is 2. The summed E-state index contributed by atoms with van der Waals surface area (Å²) in [5.41, 5.74) is 2.73. The molecule has 142 valence electrons. The number of fused-ring (bicyclic) bond motifs is 1. The highest BCUT2D eigenvalue weighted by Crippen LogP contribution is 2.32. The molecule has 0 unspecified atom stereocenters. The van der Waals surface area contributed by atoms with Crippen LogP contribution in [-0.4, -0.2) is 27.9 Å². The zero-order chi connectivity index (χ0) is 19.7. The van der Waals surface area contributed by atoms with E-state index in [2.05, 4.69) is 0 Å². The summed E-state index contributed by atoms with van der Waals surface area (Å²) in [6, 6.07) is 22.9. The van der Waals surface area contributed by atoms with Gasteiger partial charge in [-0.2, -0.15) is 0 Å². The molecule has 0 radical (unpaired) electrons. The van der Waals surface area contributed by atoms with E-state index in [0.29, 0.717) is 17.8 Å². The number of hydrogen-bond acceptors (Lipinski definition) is 3. The van der Waals surface area contributed by atoms with E-state index in [1.165, 1.54) is 11.4 Å². The van der Waals surface area contributed by atoms with Gasteiger partial charge >= 0.3 is 0 Å². The Kier molecular flexibility index (Phi) is 4.65. The maximum absolute atomic E-state index is 13.3. The Hall–Kier alpha value is -3.12. The molecule has 0 spiro atoms. The third-order valence-electron chi connectivity index (χ3n) is 5.01. The second kappa shape index (κ2) is 7.13. The molecular formula is C22H20N2O3S. The molecule has 1 aliphatic rings. The van der Waals surface area contributed by atoms with Crippen molar-refractivity contribution >= 4 is 27.3 Å². The number of carbonyl (C=O) groups is 1. The normalized spacial score (nSPS) is 13.2. The lowest BCUT2D eigenvalue weighted by molar-refractivity contribution is 0.0990. The van der Waals surface area contributed by atoms with Gasteiger partial charge in [-0.3, -0.25) is 9.10 Å². The minimum Gasteiger partial charge on any atom is -0.308 e. The van der Waals surface area contributed by atoms with Gasteiger partial charge in [-0.25, -0.2) is 8.42 Å². The molecule has 1 heterocycles. The zero-order valence-electron chi connectivity index (χ0n) is 15.4. The van der Waals surface area contributed by atoms with Gasteiger partial charge in [0, 0.05) is 19.3 Å². The second-order valence-electron chi connectivity index (χ2n) is 6.64. The van der Waals surface area contributed by atoms with Crippen LogP contribution in [0, 0.1) is 0 Å². The van der Waals surface area contributed by atoms with Crippen molar-refractivity contribution in [2.24, 2.45) is 0 Å². The van der Waals surface area contributed by atoms with E-state index in [4.69, 9.17) is 0 Å². The van der Waals surface area contributed by atoms with Crippen molar-refractivity contribution in [3.63, 3.8) is 0 Å². The Bertz CT molecular complexity index is 1130. The fourth-order valence-corrected chi connectivity index (χ4v) is 4.74. The number of anilines is 2. The van der Waals surface area contributed by atoms with Crippen molar-refractivity contribution in [3.05, 3.63) is 90.0 Å². The highest BCUT2D eigenvalue weighted by Gasteiger charge is 2.30. The molecule has 6 heteroatoms. The molecule has 3 aromatic rings. The Balaban J connectivity index is 1.73. The summed E-state index contributed by atoms with van der Waals surface area (Å²) in [7, 11) is -2.29. The molecule has 0 saturated heterocycles. The second-order valence-corrected chi connectivity index (χ2v) is 8.61. The summed E-state index contributed by atoms with van der Waals surface area (Å²) in [5, 5.41) is 0. The number of carbonyl (C=O) groups excluding carboxylic acids is 1. The molecule has 0 aromatic heterocycles. The first-order valence-electron chi connectivity index (χ1n) is 9.03. The number of sulfonamides is 1. The third kappa shape index (κ3) is 3.05. The molecule has 4 rings (SSSR count). The van der Waals surface area contributed by atoms with Crippen LogP contribution < -0.4 is 9.21 Å².